The highest BCUT2D eigenvalue weighted by molar-refractivity contribution is 5.98. The van der Waals surface area contributed by atoms with Crippen LogP contribution in [0.5, 0.6) is 0 Å². The number of nitrogens with two attached hydrogens (primary N) is 1. The largest absolute Gasteiger partial charge is 0.460 e. The summed E-state index contributed by atoms with van der Waals surface area (Å²) in [6, 6.07) is 4.05. The molecule has 278 valence electrons. The Hall–Kier alpha value is -4.54. The van der Waals surface area contributed by atoms with Crippen LogP contribution >= 0.6 is 0 Å². The fourth-order valence-corrected chi connectivity index (χ4v) is 4.50. The minimum Gasteiger partial charge on any atom is -0.460 e. The van der Waals surface area contributed by atoms with Gasteiger partial charge in [0.1, 0.15) is 24.9 Å². The highest BCUT2D eigenvalue weighted by Crippen LogP contribution is 2.18. The molecule has 1 aliphatic rings. The first-order valence-corrected chi connectivity index (χ1v) is 16.6. The average Bonchev–Trinajstić information content (AvgIpc) is 3.37. The second-order valence-electron chi connectivity index (χ2n) is 13.1. The highest BCUT2D eigenvalue weighted by atomic mass is 16.5. The number of nitrogens with zero attached hydrogens (tertiary/aromatic N) is 1. The smallest absolute Gasteiger partial charge is 0.312 e. The van der Waals surface area contributed by atoms with E-state index >= 15 is 0 Å². The van der Waals surface area contributed by atoms with Crippen LogP contribution < -0.4 is 27.0 Å². The Morgan fingerprint density at radius 2 is 1.62 bits per heavy atom. The molecule has 0 aliphatic carbocycles. The summed E-state index contributed by atoms with van der Waals surface area (Å²) in [7, 11) is 0. The molecule has 1 unspecified atom stereocenters. The van der Waals surface area contributed by atoms with Crippen LogP contribution in [0.25, 0.3) is 0 Å². The number of carbonyl (C=O) groups excluding carboxylic acids is 6. The molecule has 16 heteroatoms. The van der Waals surface area contributed by atoms with Gasteiger partial charge in [0.2, 0.25) is 23.6 Å². The van der Waals surface area contributed by atoms with Crippen molar-refractivity contribution in [3.05, 3.63) is 42.0 Å². The SMILES string of the molecule is CC(C)[C@H](NC(=O)CCOCCOCCN1C(=O)C=CC1O)C(=O)N[C@@H](CCCNC(N)=O)C(=O)Nc1ccc(COC(=O)C(C)(C)C)cc1. The van der Waals surface area contributed by atoms with E-state index in [2.05, 4.69) is 21.3 Å². The van der Waals surface area contributed by atoms with Crippen molar-refractivity contribution in [3.63, 3.8) is 0 Å². The predicted octanol–water partition coefficient (Wildman–Crippen LogP) is 0.929. The third kappa shape index (κ3) is 15.3. The van der Waals surface area contributed by atoms with Gasteiger partial charge in [-0.25, -0.2) is 4.79 Å². The highest BCUT2D eigenvalue weighted by Gasteiger charge is 2.29. The quantitative estimate of drug-likeness (QED) is 0.0784. The molecule has 0 aromatic heterocycles. The molecule has 1 heterocycles. The number of carbonyl (C=O) groups is 6. The number of primary amides is 1. The molecule has 0 saturated heterocycles. The van der Waals surface area contributed by atoms with Gasteiger partial charge < -0.3 is 51.2 Å². The molecule has 0 fully saturated rings. The first-order valence-electron chi connectivity index (χ1n) is 16.6. The second kappa shape index (κ2) is 20.9. The lowest BCUT2D eigenvalue weighted by Crippen LogP contribution is -2.54. The van der Waals surface area contributed by atoms with Gasteiger partial charge in [-0.05, 0) is 63.3 Å². The van der Waals surface area contributed by atoms with Gasteiger partial charge in [0.25, 0.3) is 0 Å². The van der Waals surface area contributed by atoms with Gasteiger partial charge in [-0.1, -0.05) is 26.0 Å². The fourth-order valence-electron chi connectivity index (χ4n) is 4.50. The third-order valence-electron chi connectivity index (χ3n) is 7.41. The molecule has 16 nitrogen and oxygen atoms in total. The minimum atomic E-state index is -1.01. The van der Waals surface area contributed by atoms with Crippen molar-refractivity contribution < 1.29 is 48.1 Å². The molecule has 1 aliphatic heterocycles. The van der Waals surface area contributed by atoms with E-state index < -0.39 is 47.5 Å². The Kier molecular flexibility index (Phi) is 17.4. The average molecular weight is 705 g/mol. The Labute approximate surface area is 292 Å². The number of hydrogen-bond acceptors (Lipinski definition) is 10. The first kappa shape index (κ1) is 41.6. The summed E-state index contributed by atoms with van der Waals surface area (Å²) >= 11 is 0. The summed E-state index contributed by atoms with van der Waals surface area (Å²) in [4.78, 5) is 75.4. The second-order valence-corrected chi connectivity index (χ2v) is 13.1. The van der Waals surface area contributed by atoms with E-state index in [4.69, 9.17) is 19.9 Å². The minimum absolute atomic E-state index is 0.0231. The Balaban J connectivity index is 1.86. The molecule has 1 aromatic carbocycles. The number of ether oxygens (including phenoxy) is 3. The van der Waals surface area contributed by atoms with Crippen molar-refractivity contribution in [1.82, 2.24) is 20.9 Å². The maximum absolute atomic E-state index is 13.4. The molecule has 0 bridgehead atoms. The van der Waals surface area contributed by atoms with Gasteiger partial charge in [-0.3, -0.25) is 24.0 Å². The Morgan fingerprint density at radius 3 is 2.20 bits per heavy atom. The van der Waals surface area contributed by atoms with Crippen LogP contribution in [0.1, 0.15) is 59.4 Å². The lowest BCUT2D eigenvalue weighted by atomic mass is 9.97. The van der Waals surface area contributed by atoms with Crippen LogP contribution in [-0.4, -0.2) is 103 Å². The molecule has 50 heavy (non-hydrogen) atoms. The fraction of sp³-hybridized carbons (Fsp3) is 0.588. The molecule has 6 amide bonds. The number of amides is 6. The lowest BCUT2D eigenvalue weighted by Gasteiger charge is -2.25. The molecule has 7 N–H and O–H groups in total. The summed E-state index contributed by atoms with van der Waals surface area (Å²) in [6.45, 7) is 10.00. The van der Waals surface area contributed by atoms with E-state index in [-0.39, 0.29) is 76.8 Å². The maximum Gasteiger partial charge on any atom is 0.312 e. The van der Waals surface area contributed by atoms with Crippen molar-refractivity contribution in [2.24, 2.45) is 17.1 Å². The molecule has 3 atom stereocenters. The van der Waals surface area contributed by atoms with E-state index in [0.29, 0.717) is 12.1 Å². The topological polar surface area (TPSA) is 228 Å². The van der Waals surface area contributed by atoms with E-state index in [1.165, 1.54) is 17.1 Å². The molecular weight excluding hydrogens is 652 g/mol. The molecule has 0 saturated carbocycles. The zero-order valence-corrected chi connectivity index (χ0v) is 29.5. The van der Waals surface area contributed by atoms with Crippen LogP contribution in [0.3, 0.4) is 0 Å². The summed E-state index contributed by atoms with van der Waals surface area (Å²) in [6.07, 6.45) is 2.21. The number of esters is 1. The molecule has 0 radical (unpaired) electrons. The van der Waals surface area contributed by atoms with Crippen LogP contribution in [0, 0.1) is 11.3 Å². The Morgan fingerprint density at radius 1 is 0.960 bits per heavy atom. The van der Waals surface area contributed by atoms with Crippen molar-refractivity contribution in [3.8, 4) is 0 Å². The molecule has 0 spiro atoms. The van der Waals surface area contributed by atoms with Gasteiger partial charge in [0, 0.05) is 31.3 Å². The van der Waals surface area contributed by atoms with Crippen molar-refractivity contribution >= 4 is 41.3 Å². The monoisotopic (exact) mass is 704 g/mol. The maximum atomic E-state index is 13.4. The van der Waals surface area contributed by atoms with Crippen molar-refractivity contribution in [2.45, 2.75) is 78.8 Å². The summed E-state index contributed by atoms with van der Waals surface area (Å²) in [5, 5.41) is 20.3. The van der Waals surface area contributed by atoms with Crippen LogP contribution in [0.15, 0.2) is 36.4 Å². The van der Waals surface area contributed by atoms with Crippen molar-refractivity contribution in [2.75, 3.05) is 44.8 Å². The van der Waals surface area contributed by atoms with Gasteiger partial charge in [0.05, 0.1) is 31.8 Å². The summed E-state index contributed by atoms with van der Waals surface area (Å²) < 4.78 is 16.2. The standard InChI is InChI=1S/C34H52N6O10/c1-22(2)29(39-26(41)14-17-48-19-20-49-18-16-40-27(42)12-13-28(40)43)31(45)38-25(7-6-15-36-33(35)47)30(44)37-24-10-8-23(9-11-24)21-50-32(46)34(3,4)5/h8-13,22,25,27,29,42H,6-7,14-21H2,1-5H3,(H,37,44)(H,38,45)(H,39,41)(H3,35,36,47)/t25-,27?,29-/m0/s1. The van der Waals surface area contributed by atoms with E-state index in [1.807, 2.05) is 0 Å². The lowest BCUT2D eigenvalue weighted by molar-refractivity contribution is -0.154. The number of anilines is 1. The number of aliphatic hydroxyl groups is 1. The molecule has 2 rings (SSSR count). The van der Waals surface area contributed by atoms with Gasteiger partial charge in [-0.15, -0.1) is 0 Å². The number of hydrogen-bond donors (Lipinski definition) is 6. The molecule has 1 aromatic rings. The zero-order valence-electron chi connectivity index (χ0n) is 29.5. The van der Waals surface area contributed by atoms with E-state index in [1.54, 1.807) is 58.9 Å². The molecular formula is C34H52N6O10. The number of urea groups is 1. The Bertz CT molecular complexity index is 1330. The number of rotatable bonds is 21. The first-order chi connectivity index (χ1) is 23.6. The van der Waals surface area contributed by atoms with Crippen LogP contribution in [-0.2, 0) is 44.8 Å². The van der Waals surface area contributed by atoms with Gasteiger partial charge in [0.15, 0.2) is 0 Å². The van der Waals surface area contributed by atoms with Crippen molar-refractivity contribution in [1.29, 1.82) is 0 Å². The van der Waals surface area contributed by atoms with Gasteiger partial charge >= 0.3 is 12.0 Å². The zero-order chi connectivity index (χ0) is 37.3. The number of nitrogens with one attached hydrogen (secondary N) is 4. The summed E-state index contributed by atoms with van der Waals surface area (Å²) in [5.41, 5.74) is 5.68. The predicted molar refractivity (Wildman–Crippen MR) is 183 cm³/mol. The van der Waals surface area contributed by atoms with E-state index in [0.717, 1.165) is 5.56 Å². The van der Waals surface area contributed by atoms with Gasteiger partial charge in [-0.2, -0.15) is 0 Å². The van der Waals surface area contributed by atoms with E-state index in [9.17, 15) is 33.9 Å². The normalized spacial score (nSPS) is 15.4. The number of aliphatic hydroxyl groups excluding tert-OH is 1. The van der Waals surface area contributed by atoms with Crippen LogP contribution in [0.4, 0.5) is 10.5 Å². The summed E-state index contributed by atoms with van der Waals surface area (Å²) in [5.74, 6) is -2.42. The third-order valence-corrected chi connectivity index (χ3v) is 7.41. The van der Waals surface area contributed by atoms with Crippen LogP contribution in [0.2, 0.25) is 0 Å². The number of benzene rings is 1.